The van der Waals surface area contributed by atoms with E-state index in [0.29, 0.717) is 5.56 Å². The van der Waals surface area contributed by atoms with Gasteiger partial charge in [-0.3, -0.25) is 76.7 Å². The number of Topliss-reactive ketones (excluding diaryl/α,β-unsaturated/α-hetero) is 1. The number of amides is 8. The Morgan fingerprint density at radius 3 is 1.04 bits per heavy atom. The predicted molar refractivity (Wildman–Crippen MR) is 368 cm³/mol. The Bertz CT molecular complexity index is 3520. The highest BCUT2D eigenvalue weighted by Crippen LogP contribution is 2.44. The first-order chi connectivity index (χ1) is 48.3. The van der Waals surface area contributed by atoms with E-state index in [1.165, 1.54) is 58.9 Å². The smallest absolute Gasteiger partial charge is 0.328 e. The molecule has 0 saturated carbocycles. The summed E-state index contributed by atoms with van der Waals surface area (Å²) >= 11 is 0. The van der Waals surface area contributed by atoms with E-state index in [2.05, 4.69) is 21.3 Å². The molecular weight excluding hydrogens is 1330 g/mol. The molecule has 0 heterocycles. The summed E-state index contributed by atoms with van der Waals surface area (Å²) in [6.45, 7) is 5.92. The molecule has 0 aliphatic rings. The van der Waals surface area contributed by atoms with E-state index in [1.807, 2.05) is 60.7 Å². The van der Waals surface area contributed by atoms with Crippen molar-refractivity contribution < 1.29 is 96.3 Å². The first-order valence-corrected chi connectivity index (χ1v) is 35.1. The molecule has 1 unspecified atom stereocenters. The largest absolute Gasteiger partial charge is 0.481 e. The van der Waals surface area contributed by atoms with E-state index in [-0.39, 0.29) is 123 Å². The summed E-state index contributed by atoms with van der Waals surface area (Å²) in [6, 6.07) is 36.5. The number of carboxylic acid groups (broad SMARTS) is 2. The van der Waals surface area contributed by atoms with E-state index in [1.54, 1.807) is 60.7 Å². The van der Waals surface area contributed by atoms with E-state index >= 15 is 9.59 Å². The molecule has 546 valence electrons. The molecule has 5 aromatic carbocycles. The van der Waals surface area contributed by atoms with E-state index in [0.717, 1.165) is 42.5 Å². The number of aliphatic carboxylic acids is 2. The van der Waals surface area contributed by atoms with Crippen LogP contribution in [0.5, 0.6) is 0 Å². The number of carbonyl (C=O) groups excluding carboxylic acids is 9. The van der Waals surface area contributed by atoms with Gasteiger partial charge in [-0.2, -0.15) is 0 Å². The van der Waals surface area contributed by atoms with E-state index in [4.69, 9.17) is 29.0 Å². The Morgan fingerprint density at radius 2 is 0.733 bits per heavy atom. The zero-order chi connectivity index (χ0) is 73.7. The average Bonchev–Trinajstić information content (AvgIpc) is 0.852. The van der Waals surface area contributed by atoms with E-state index in [9.17, 15) is 57.7 Å². The van der Waals surface area contributed by atoms with Crippen LogP contribution < -0.4 is 21.3 Å². The zero-order valence-electron chi connectivity index (χ0n) is 57.6. The summed E-state index contributed by atoms with van der Waals surface area (Å²) < 4.78 is 18.2. The van der Waals surface area contributed by atoms with Crippen molar-refractivity contribution >= 4 is 72.6 Å². The number of ketones is 1. The maximum atomic E-state index is 15.2. The first kappa shape index (κ1) is 82.1. The molecule has 0 aromatic heterocycles. The number of nitrogens with zero attached hydrogens (tertiary/aromatic N) is 4. The van der Waals surface area contributed by atoms with Crippen LogP contribution in [0.25, 0.3) is 0 Å². The Balaban J connectivity index is 1.47. The fraction of sp³-hybridized carbons (Fsp3) is 0.431. The second kappa shape index (κ2) is 43.9. The highest BCUT2D eigenvalue weighted by atomic mass is 31.2. The molecule has 0 aliphatic heterocycles. The Morgan fingerprint density at radius 1 is 0.416 bits per heavy atom. The van der Waals surface area contributed by atoms with Gasteiger partial charge in [-0.1, -0.05) is 146 Å². The predicted octanol–water partition coefficient (Wildman–Crippen LogP) is 7.18. The van der Waals surface area contributed by atoms with Gasteiger partial charge in [0.05, 0.1) is 24.7 Å². The number of hydrogen-bond acceptors (Lipinski definition) is 17. The molecule has 28 nitrogen and oxygen atoms in total. The van der Waals surface area contributed by atoms with Crippen molar-refractivity contribution in [3.05, 3.63) is 179 Å². The summed E-state index contributed by atoms with van der Waals surface area (Å²) in [5, 5.41) is 34.1. The Labute approximate surface area is 587 Å². The minimum atomic E-state index is -4.52. The van der Waals surface area contributed by atoms with Crippen LogP contribution in [0.2, 0.25) is 0 Å². The molecule has 0 saturated heterocycles. The van der Waals surface area contributed by atoms with Gasteiger partial charge in [-0.15, -0.1) is 0 Å². The Hall–Kier alpha value is -9.54. The number of nitrogens with one attached hydrogen (secondary N) is 4. The van der Waals surface area contributed by atoms with Crippen molar-refractivity contribution in [2.75, 3.05) is 38.9 Å². The lowest BCUT2D eigenvalue weighted by atomic mass is 9.97. The van der Waals surface area contributed by atoms with Gasteiger partial charge in [-0.05, 0) is 92.0 Å². The number of hydrogen-bond donors (Lipinski definition) is 7. The molecule has 6 atom stereocenters. The van der Waals surface area contributed by atoms with Gasteiger partial charge >= 0.3 is 19.5 Å². The van der Waals surface area contributed by atoms with Crippen molar-refractivity contribution in [1.29, 1.82) is 0 Å². The molecular formula is C72H93N8O20P. The quantitative estimate of drug-likeness (QED) is 0.0115. The third kappa shape index (κ3) is 31.7. The second-order valence-electron chi connectivity index (χ2n) is 24.0. The van der Waals surface area contributed by atoms with Gasteiger partial charge in [0.2, 0.25) is 47.3 Å². The van der Waals surface area contributed by atoms with Crippen LogP contribution in [0, 0.1) is 5.92 Å². The van der Waals surface area contributed by atoms with Crippen LogP contribution in [0.15, 0.2) is 146 Å². The highest BCUT2D eigenvalue weighted by Gasteiger charge is 2.34. The molecule has 7 N–H and O–H groups in total. The van der Waals surface area contributed by atoms with Gasteiger partial charge < -0.3 is 40.9 Å². The maximum absolute atomic E-state index is 15.2. The maximum Gasteiger partial charge on any atom is 0.328 e. The number of carboxylic acids is 2. The molecule has 0 spiro atoms. The topological polar surface area (TPSA) is 373 Å². The molecule has 0 bridgehead atoms. The van der Waals surface area contributed by atoms with Crippen molar-refractivity contribution in [3.8, 4) is 0 Å². The minimum absolute atomic E-state index is 0.000248. The molecule has 0 fully saturated rings. The highest BCUT2D eigenvalue weighted by molar-refractivity contribution is 7.52. The molecule has 101 heavy (non-hydrogen) atoms. The van der Waals surface area contributed by atoms with E-state index < -0.39 is 122 Å². The van der Waals surface area contributed by atoms with Gasteiger partial charge in [0.25, 0.3) is 0 Å². The first-order valence-electron chi connectivity index (χ1n) is 33.3. The van der Waals surface area contributed by atoms with Crippen LogP contribution in [-0.2, 0) is 109 Å². The van der Waals surface area contributed by atoms with Crippen LogP contribution in [0.4, 0.5) is 0 Å². The lowest BCUT2D eigenvalue weighted by Gasteiger charge is -2.28. The molecule has 0 aliphatic carbocycles. The van der Waals surface area contributed by atoms with Crippen molar-refractivity contribution in [2.24, 2.45) is 5.92 Å². The average molecular weight is 1420 g/mol. The SMILES string of the molecule is CC(=O)N[C@@H](CCCN(OCc1ccccc1)C(C)=O)C(=O)N[C@@H](CCCN(OCc1ccccc1)C(C)=O)C(=O)N[C@@H](CCCN(OCc1ccccc1)C(C)=O)C(=O)N[C@@H](CCCN(OCc1ccccc1)C(C)=O)C(=O)c1ccc(CCOP(=O)(O)C[C@@H](CCC(=O)O)C(=O)O)cc1. The number of carbonyl (C=O) groups is 11. The Kier molecular flexibility index (Phi) is 35.7. The summed E-state index contributed by atoms with van der Waals surface area (Å²) in [7, 11) is -4.52. The third-order valence-corrected chi connectivity index (χ3v) is 17.3. The summed E-state index contributed by atoms with van der Waals surface area (Å²) in [5.41, 5.74) is 3.65. The monoisotopic (exact) mass is 1420 g/mol. The van der Waals surface area contributed by atoms with Gasteiger partial charge in [-0.25, -0.2) is 20.3 Å². The molecule has 29 heteroatoms. The number of benzene rings is 5. The van der Waals surface area contributed by atoms with Crippen LogP contribution in [0.3, 0.4) is 0 Å². The third-order valence-electron chi connectivity index (χ3n) is 15.8. The molecule has 8 amide bonds. The fourth-order valence-corrected chi connectivity index (χ4v) is 11.7. The second-order valence-corrected chi connectivity index (χ2v) is 25.9. The normalized spacial score (nSPS) is 13.1. The van der Waals surface area contributed by atoms with Crippen LogP contribution >= 0.6 is 7.60 Å². The summed E-state index contributed by atoms with van der Waals surface area (Å²) in [4.78, 5) is 181. The molecule has 0 radical (unpaired) electrons. The van der Waals surface area contributed by atoms with Crippen molar-refractivity contribution in [1.82, 2.24) is 41.5 Å². The van der Waals surface area contributed by atoms with Crippen LogP contribution in [0.1, 0.15) is 137 Å². The summed E-state index contributed by atoms with van der Waals surface area (Å²) in [5.74, 6) is -9.86. The standard InChI is InChI=1S/C72H93N8O20P/c1-51(81)73-64(31-19-42-78(53(3)83)97-47-58-24-12-7-13-25-58)69(89)75-66(33-21-44-80(55(5)85)99-49-60-28-16-9-17-29-60)71(91)76-65(32-20-43-79(54(4)84)98-48-59-26-14-8-15-27-59)70(90)74-63(30-18-41-77(52(2)82)96-46-57-22-10-6-11-23-57)68(88)61-36-34-56(35-37-61)40-45-100-101(94,95)50-62(72(92)93)38-39-67(86)87/h6-17,22-29,34-37,62-66H,18-21,30-33,38-50H2,1-5H3,(H,73,81)(H,74,90)(H,75,89)(H,76,91)(H,86,87)(H,92,93)(H,94,95)/t62-,63+,64+,65+,66+/m1/s1. The minimum Gasteiger partial charge on any atom is -0.481 e. The fourth-order valence-electron chi connectivity index (χ4n) is 10.3. The molecule has 5 rings (SSSR count). The van der Waals surface area contributed by atoms with Crippen molar-refractivity contribution in [2.45, 2.75) is 156 Å². The summed E-state index contributed by atoms with van der Waals surface area (Å²) in [6.07, 6.45) is -2.11. The van der Waals surface area contributed by atoms with Gasteiger partial charge in [0.1, 0.15) is 44.6 Å². The lowest BCUT2D eigenvalue weighted by Crippen LogP contribution is -2.58. The van der Waals surface area contributed by atoms with Gasteiger partial charge in [0.15, 0.2) is 5.78 Å². The zero-order valence-corrected chi connectivity index (χ0v) is 58.5. The lowest BCUT2D eigenvalue weighted by molar-refractivity contribution is -0.190. The van der Waals surface area contributed by atoms with Crippen molar-refractivity contribution in [3.63, 3.8) is 0 Å². The molecule has 5 aromatic rings. The number of hydroxylamine groups is 8. The number of rotatable bonds is 47. The van der Waals surface area contributed by atoms with Gasteiger partial charge in [0, 0.05) is 72.8 Å². The van der Waals surface area contributed by atoms with Crippen LogP contribution in [-0.4, -0.2) is 163 Å².